The lowest BCUT2D eigenvalue weighted by Crippen LogP contribution is -2.46. The van der Waals surface area contributed by atoms with Crippen molar-refractivity contribution in [2.24, 2.45) is 0 Å². The summed E-state index contributed by atoms with van der Waals surface area (Å²) < 4.78 is 1.33. The van der Waals surface area contributed by atoms with Crippen molar-refractivity contribution >= 4 is 0 Å². The molecular weight excluding hydrogens is 518 g/mol. The number of allylic oxidation sites excluding steroid dienone is 4. The van der Waals surface area contributed by atoms with Gasteiger partial charge < -0.3 is 4.48 Å². The molecule has 0 saturated heterocycles. The number of hydrogen-bond donors (Lipinski definition) is 0. The molecule has 0 radical (unpaired) electrons. The third-order valence-corrected chi connectivity index (χ3v) is 9.68. The summed E-state index contributed by atoms with van der Waals surface area (Å²) in [7, 11) is 2.55. The quantitative estimate of drug-likeness (QED) is 0.0380. The average molecular weight is 603 g/mol. The Labute approximate surface area is 274 Å². The van der Waals surface area contributed by atoms with Crippen LogP contribution in [0.3, 0.4) is 0 Å². The molecule has 0 aromatic carbocycles. The number of quaternary nitrogens is 1. The van der Waals surface area contributed by atoms with E-state index in [1.807, 2.05) is 0 Å². The van der Waals surface area contributed by atoms with Crippen molar-refractivity contribution in [2.45, 2.75) is 220 Å². The Bertz CT molecular complexity index is 517. The fourth-order valence-electron chi connectivity index (χ4n) is 6.71. The molecule has 0 unspecified atom stereocenters. The predicted molar refractivity (Wildman–Crippen MR) is 199 cm³/mol. The molecule has 256 valence electrons. The normalized spacial score (nSPS) is 12.4. The van der Waals surface area contributed by atoms with Crippen LogP contribution in [0.15, 0.2) is 24.3 Å². The Morgan fingerprint density at radius 2 is 0.535 bits per heavy atom. The van der Waals surface area contributed by atoms with E-state index in [0.29, 0.717) is 0 Å². The van der Waals surface area contributed by atoms with Gasteiger partial charge in [0, 0.05) is 0 Å². The lowest BCUT2D eigenvalue weighted by molar-refractivity contribution is -0.910. The SMILES string of the molecule is CCCCCCCC/C=C\CCCCCCCCC[N+](C)(CCC)CCCCCCCCC/C=C\CCCCCCCC. The van der Waals surface area contributed by atoms with Crippen molar-refractivity contribution in [3.63, 3.8) is 0 Å². The Morgan fingerprint density at radius 3 is 0.814 bits per heavy atom. The maximum Gasteiger partial charge on any atom is 0.0784 e. The zero-order valence-electron chi connectivity index (χ0n) is 30.8. The number of rotatable bonds is 36. The molecule has 0 atom stereocenters. The lowest BCUT2D eigenvalue weighted by atomic mass is 10.1. The molecule has 0 spiro atoms. The van der Waals surface area contributed by atoms with Crippen molar-refractivity contribution in [3.8, 4) is 0 Å². The van der Waals surface area contributed by atoms with Crippen molar-refractivity contribution in [1.29, 1.82) is 0 Å². The van der Waals surface area contributed by atoms with Gasteiger partial charge in [-0.2, -0.15) is 0 Å². The summed E-state index contributed by atoms with van der Waals surface area (Å²) >= 11 is 0. The van der Waals surface area contributed by atoms with Gasteiger partial charge in [-0.3, -0.25) is 0 Å². The Kier molecular flexibility index (Phi) is 35.4. The molecule has 0 amide bonds. The van der Waals surface area contributed by atoms with Crippen molar-refractivity contribution < 1.29 is 4.48 Å². The van der Waals surface area contributed by atoms with E-state index < -0.39 is 0 Å². The fourth-order valence-corrected chi connectivity index (χ4v) is 6.71. The zero-order valence-corrected chi connectivity index (χ0v) is 30.8. The summed E-state index contributed by atoms with van der Waals surface area (Å²) in [5, 5.41) is 0. The van der Waals surface area contributed by atoms with Crippen LogP contribution < -0.4 is 0 Å². The van der Waals surface area contributed by atoms with Crippen LogP contribution in [0.1, 0.15) is 220 Å². The van der Waals surface area contributed by atoms with Gasteiger partial charge in [0.15, 0.2) is 0 Å². The van der Waals surface area contributed by atoms with E-state index in [9.17, 15) is 0 Å². The molecule has 43 heavy (non-hydrogen) atoms. The minimum atomic E-state index is 1.30. The Balaban J connectivity index is 3.56. The molecule has 0 bridgehead atoms. The summed E-state index contributed by atoms with van der Waals surface area (Å²) in [5.41, 5.74) is 0. The van der Waals surface area contributed by atoms with E-state index in [1.165, 1.54) is 223 Å². The molecule has 0 N–H and O–H groups in total. The van der Waals surface area contributed by atoms with E-state index in [2.05, 4.69) is 52.1 Å². The van der Waals surface area contributed by atoms with Gasteiger partial charge in [0.25, 0.3) is 0 Å². The summed E-state index contributed by atoms with van der Waals surface area (Å²) in [6.07, 6.45) is 53.5. The highest BCUT2D eigenvalue weighted by Gasteiger charge is 2.19. The summed E-state index contributed by atoms with van der Waals surface area (Å²) in [6, 6.07) is 0. The van der Waals surface area contributed by atoms with Crippen LogP contribution in [-0.4, -0.2) is 31.2 Å². The Morgan fingerprint density at radius 1 is 0.279 bits per heavy atom. The molecule has 0 rings (SSSR count). The van der Waals surface area contributed by atoms with Crippen molar-refractivity contribution in [1.82, 2.24) is 0 Å². The second kappa shape index (κ2) is 35.9. The van der Waals surface area contributed by atoms with Gasteiger partial charge in [0.2, 0.25) is 0 Å². The summed E-state index contributed by atoms with van der Waals surface area (Å²) in [5.74, 6) is 0. The molecule has 0 heterocycles. The van der Waals surface area contributed by atoms with Crippen LogP contribution in [0, 0.1) is 0 Å². The predicted octanol–water partition coefficient (Wildman–Crippen LogP) is 14.7. The van der Waals surface area contributed by atoms with Gasteiger partial charge in [-0.05, 0) is 83.5 Å². The summed E-state index contributed by atoms with van der Waals surface area (Å²) in [6.45, 7) is 11.2. The van der Waals surface area contributed by atoms with Gasteiger partial charge in [0.1, 0.15) is 0 Å². The molecule has 1 heteroatoms. The van der Waals surface area contributed by atoms with Crippen LogP contribution in [0.25, 0.3) is 0 Å². The fraction of sp³-hybridized carbons (Fsp3) is 0.905. The molecule has 1 nitrogen and oxygen atoms in total. The first-order valence-electron chi connectivity index (χ1n) is 20.3. The maximum atomic E-state index is 2.55. The molecule has 0 aliphatic heterocycles. The van der Waals surface area contributed by atoms with Crippen LogP contribution in [0.2, 0.25) is 0 Å². The van der Waals surface area contributed by atoms with E-state index in [0.717, 1.165) is 0 Å². The van der Waals surface area contributed by atoms with Crippen LogP contribution in [0.4, 0.5) is 0 Å². The van der Waals surface area contributed by atoms with E-state index in [4.69, 9.17) is 0 Å². The molecule has 0 saturated carbocycles. The number of nitrogens with zero attached hydrogens (tertiary/aromatic N) is 1. The number of unbranched alkanes of at least 4 members (excludes halogenated alkanes) is 26. The highest BCUT2D eigenvalue weighted by atomic mass is 15.3. The molecule has 0 aliphatic carbocycles. The van der Waals surface area contributed by atoms with Gasteiger partial charge in [-0.25, -0.2) is 0 Å². The van der Waals surface area contributed by atoms with Gasteiger partial charge in [0.05, 0.1) is 26.7 Å². The molecular formula is C42H84N+. The maximum absolute atomic E-state index is 2.55. The number of hydrogen-bond acceptors (Lipinski definition) is 0. The third kappa shape index (κ3) is 34.2. The second-order valence-corrected chi connectivity index (χ2v) is 14.4. The smallest absolute Gasteiger partial charge is 0.0784 e. The highest BCUT2D eigenvalue weighted by molar-refractivity contribution is 4.82. The van der Waals surface area contributed by atoms with Gasteiger partial charge >= 0.3 is 0 Å². The van der Waals surface area contributed by atoms with Crippen LogP contribution in [0.5, 0.6) is 0 Å². The second-order valence-electron chi connectivity index (χ2n) is 14.4. The van der Waals surface area contributed by atoms with Crippen molar-refractivity contribution in [2.75, 3.05) is 26.7 Å². The topological polar surface area (TPSA) is 0 Å². The van der Waals surface area contributed by atoms with Crippen molar-refractivity contribution in [3.05, 3.63) is 24.3 Å². The zero-order chi connectivity index (χ0) is 31.4. The summed E-state index contributed by atoms with van der Waals surface area (Å²) in [4.78, 5) is 0. The first-order valence-corrected chi connectivity index (χ1v) is 20.3. The third-order valence-electron chi connectivity index (χ3n) is 9.68. The first kappa shape index (κ1) is 42.4. The molecule has 0 aliphatic rings. The van der Waals surface area contributed by atoms with Crippen LogP contribution >= 0.6 is 0 Å². The Hall–Kier alpha value is -0.560. The average Bonchev–Trinajstić information content (AvgIpc) is 3.00. The minimum Gasteiger partial charge on any atom is -0.326 e. The standard InChI is InChI=1S/C42H84N/c1-5-8-10-12-14-16-18-20-22-24-26-28-30-32-34-36-38-41-43(4,40-7-3)42-39-37-35-33-31-29-27-25-23-21-19-17-15-13-11-9-6-2/h20-23H,5-19,24-42H2,1-4H3/q+1/b22-20-,23-21-. The molecule has 0 fully saturated rings. The molecule has 0 aromatic rings. The van der Waals surface area contributed by atoms with E-state index in [1.54, 1.807) is 0 Å². The van der Waals surface area contributed by atoms with E-state index >= 15 is 0 Å². The lowest BCUT2D eigenvalue weighted by Gasteiger charge is -2.34. The largest absolute Gasteiger partial charge is 0.326 e. The first-order chi connectivity index (χ1) is 21.2. The highest BCUT2D eigenvalue weighted by Crippen LogP contribution is 2.16. The van der Waals surface area contributed by atoms with Crippen LogP contribution in [-0.2, 0) is 0 Å². The minimum absolute atomic E-state index is 1.30. The van der Waals surface area contributed by atoms with Gasteiger partial charge in [-0.1, -0.05) is 161 Å². The van der Waals surface area contributed by atoms with Gasteiger partial charge in [-0.15, -0.1) is 0 Å². The molecule has 0 aromatic heterocycles. The van der Waals surface area contributed by atoms with E-state index in [-0.39, 0.29) is 0 Å². The monoisotopic (exact) mass is 603 g/mol.